The second-order valence-electron chi connectivity index (χ2n) is 4.72. The summed E-state index contributed by atoms with van der Waals surface area (Å²) in [6.45, 7) is 0.901. The number of nitrogens with zero attached hydrogens (tertiary/aromatic N) is 2. The van der Waals surface area contributed by atoms with Crippen molar-refractivity contribution in [3.63, 3.8) is 0 Å². The molecule has 0 radical (unpaired) electrons. The van der Waals surface area contributed by atoms with E-state index in [1.807, 2.05) is 0 Å². The number of benzene rings is 1. The van der Waals surface area contributed by atoms with E-state index < -0.39 is 11.7 Å². The van der Waals surface area contributed by atoms with Crippen molar-refractivity contribution in [3.8, 4) is 0 Å². The van der Waals surface area contributed by atoms with Gasteiger partial charge in [0.05, 0.1) is 30.1 Å². The number of nitrogens with two attached hydrogens (primary N) is 2. The van der Waals surface area contributed by atoms with Crippen LogP contribution < -0.4 is 11.5 Å². The van der Waals surface area contributed by atoms with Gasteiger partial charge in [-0.25, -0.2) is 4.39 Å². The third-order valence-electron chi connectivity index (χ3n) is 3.17. The highest BCUT2D eigenvalue weighted by Crippen LogP contribution is 2.21. The Balaban J connectivity index is 2.52. The van der Waals surface area contributed by atoms with E-state index in [0.29, 0.717) is 25.2 Å². The Kier molecular flexibility index (Phi) is 4.77. The quantitative estimate of drug-likeness (QED) is 0.624. The molecule has 2 amide bonds. The average Bonchev–Trinajstić information content (AvgIpc) is 2.46. The third-order valence-corrected chi connectivity index (χ3v) is 3.39. The number of halogens is 2. The molecule has 0 saturated heterocycles. The van der Waals surface area contributed by atoms with Crippen LogP contribution in [-0.4, -0.2) is 42.6 Å². The summed E-state index contributed by atoms with van der Waals surface area (Å²) >= 11 is 5.79. The molecule has 22 heavy (non-hydrogen) atoms. The zero-order valence-electron chi connectivity index (χ0n) is 11.6. The number of rotatable bonds is 4. The number of carbonyl (C=O) groups is 2. The predicted molar refractivity (Wildman–Crippen MR) is 81.7 cm³/mol. The van der Waals surface area contributed by atoms with Gasteiger partial charge in [-0.1, -0.05) is 11.6 Å². The lowest BCUT2D eigenvalue weighted by atomic mass is 10.0. The van der Waals surface area contributed by atoms with E-state index >= 15 is 0 Å². The summed E-state index contributed by atoms with van der Waals surface area (Å²) in [5.41, 5.74) is 11.8. The first-order valence-electron chi connectivity index (χ1n) is 6.41. The fourth-order valence-corrected chi connectivity index (χ4v) is 2.39. The van der Waals surface area contributed by atoms with Crippen LogP contribution in [0.2, 0.25) is 5.02 Å². The minimum Gasteiger partial charge on any atom is -0.398 e. The second-order valence-corrected chi connectivity index (χ2v) is 5.15. The van der Waals surface area contributed by atoms with Crippen LogP contribution in [0.3, 0.4) is 0 Å². The van der Waals surface area contributed by atoms with Gasteiger partial charge in [0.25, 0.3) is 5.91 Å². The SMILES string of the molecule is NC(=O)C(C1=NCCN(C=O)C1)=C(N)c1cc(F)cc(Cl)c1. The fraction of sp³-hybridized carbons (Fsp3) is 0.214. The molecule has 0 spiro atoms. The molecule has 0 fully saturated rings. The summed E-state index contributed by atoms with van der Waals surface area (Å²) in [5.74, 6) is -1.39. The first kappa shape index (κ1) is 16.0. The van der Waals surface area contributed by atoms with Crippen molar-refractivity contribution in [3.05, 3.63) is 40.2 Å². The molecule has 0 atom stereocenters. The van der Waals surface area contributed by atoms with Crippen molar-refractivity contribution in [1.29, 1.82) is 0 Å². The van der Waals surface area contributed by atoms with Gasteiger partial charge in [0.1, 0.15) is 5.82 Å². The lowest BCUT2D eigenvalue weighted by molar-refractivity contribution is -0.118. The van der Waals surface area contributed by atoms with Crippen molar-refractivity contribution in [2.75, 3.05) is 19.6 Å². The van der Waals surface area contributed by atoms with Crippen molar-refractivity contribution in [1.82, 2.24) is 4.90 Å². The van der Waals surface area contributed by atoms with Gasteiger partial charge < -0.3 is 16.4 Å². The summed E-state index contributed by atoms with van der Waals surface area (Å²) in [7, 11) is 0. The molecule has 0 aromatic heterocycles. The van der Waals surface area contributed by atoms with E-state index in [1.54, 1.807) is 0 Å². The molecule has 2 rings (SSSR count). The smallest absolute Gasteiger partial charge is 0.252 e. The van der Waals surface area contributed by atoms with Crippen LogP contribution >= 0.6 is 11.6 Å². The van der Waals surface area contributed by atoms with Gasteiger partial charge in [-0.15, -0.1) is 0 Å². The molecule has 0 saturated carbocycles. The molecule has 1 aromatic rings. The number of carbonyl (C=O) groups excluding carboxylic acids is 2. The molecule has 116 valence electrons. The standard InChI is InChI=1S/C14H14ClFN4O2/c15-9-3-8(4-10(16)5-9)13(17)12(14(18)22)11-6-20(7-21)2-1-19-11/h3-5,7H,1-2,6,17H2,(H2,18,22). The molecule has 1 heterocycles. The predicted octanol–water partition coefficient (Wildman–Crippen LogP) is 0.547. The number of hydrogen-bond donors (Lipinski definition) is 2. The Morgan fingerprint density at radius 3 is 2.68 bits per heavy atom. The molecule has 4 N–H and O–H groups in total. The molecule has 8 heteroatoms. The Labute approximate surface area is 131 Å². The minimum atomic E-state index is -0.801. The second kappa shape index (κ2) is 6.57. The van der Waals surface area contributed by atoms with Crippen molar-refractivity contribution < 1.29 is 14.0 Å². The molecule has 1 aliphatic heterocycles. The molecule has 0 aliphatic carbocycles. The summed E-state index contributed by atoms with van der Waals surface area (Å²) in [6.07, 6.45) is 0.655. The summed E-state index contributed by atoms with van der Waals surface area (Å²) < 4.78 is 13.4. The van der Waals surface area contributed by atoms with Crippen LogP contribution in [0.5, 0.6) is 0 Å². The molecule has 0 bridgehead atoms. The summed E-state index contributed by atoms with van der Waals surface area (Å²) in [6, 6.07) is 3.68. The molecule has 1 aromatic carbocycles. The molecular weight excluding hydrogens is 311 g/mol. The summed E-state index contributed by atoms with van der Waals surface area (Å²) in [5, 5.41) is 0.141. The first-order chi connectivity index (χ1) is 10.4. The number of primary amides is 1. The van der Waals surface area contributed by atoms with E-state index in [-0.39, 0.29) is 28.4 Å². The van der Waals surface area contributed by atoms with E-state index in [2.05, 4.69) is 4.99 Å². The summed E-state index contributed by atoms with van der Waals surface area (Å²) in [4.78, 5) is 28.2. The van der Waals surface area contributed by atoms with E-state index in [9.17, 15) is 14.0 Å². The minimum absolute atomic E-state index is 0.0274. The van der Waals surface area contributed by atoms with Crippen molar-refractivity contribution in [2.24, 2.45) is 16.5 Å². The zero-order valence-corrected chi connectivity index (χ0v) is 12.3. The maximum atomic E-state index is 13.4. The number of aliphatic imine (C=N–C) groups is 1. The Morgan fingerprint density at radius 2 is 2.09 bits per heavy atom. The van der Waals surface area contributed by atoms with Crippen molar-refractivity contribution >= 4 is 35.3 Å². The van der Waals surface area contributed by atoms with Crippen LogP contribution in [0.25, 0.3) is 5.70 Å². The first-order valence-corrected chi connectivity index (χ1v) is 6.79. The van der Waals surface area contributed by atoms with E-state index in [4.69, 9.17) is 23.1 Å². The van der Waals surface area contributed by atoms with Crippen LogP contribution in [-0.2, 0) is 9.59 Å². The van der Waals surface area contributed by atoms with Gasteiger partial charge in [0, 0.05) is 17.1 Å². The average molecular weight is 325 g/mol. The van der Waals surface area contributed by atoms with Crippen molar-refractivity contribution in [2.45, 2.75) is 0 Å². The van der Waals surface area contributed by atoms with Crippen LogP contribution in [0.15, 0.2) is 28.8 Å². The van der Waals surface area contributed by atoms with Gasteiger partial charge in [-0.2, -0.15) is 0 Å². The normalized spacial score (nSPS) is 15.9. The third kappa shape index (κ3) is 3.43. The highest BCUT2D eigenvalue weighted by Gasteiger charge is 2.23. The Morgan fingerprint density at radius 1 is 1.36 bits per heavy atom. The van der Waals surface area contributed by atoms with Gasteiger partial charge >= 0.3 is 0 Å². The van der Waals surface area contributed by atoms with E-state index in [1.165, 1.54) is 11.0 Å². The van der Waals surface area contributed by atoms with Gasteiger partial charge in [-0.3, -0.25) is 14.6 Å². The molecule has 6 nitrogen and oxygen atoms in total. The topological polar surface area (TPSA) is 102 Å². The van der Waals surface area contributed by atoms with Gasteiger partial charge in [-0.05, 0) is 18.2 Å². The molecule has 0 unspecified atom stereocenters. The Hall–Kier alpha value is -2.41. The Bertz CT molecular complexity index is 667. The maximum Gasteiger partial charge on any atom is 0.252 e. The van der Waals surface area contributed by atoms with Crippen LogP contribution in [0, 0.1) is 5.82 Å². The highest BCUT2D eigenvalue weighted by atomic mass is 35.5. The van der Waals surface area contributed by atoms with Gasteiger partial charge in [0.15, 0.2) is 0 Å². The largest absolute Gasteiger partial charge is 0.398 e. The molecular formula is C14H14ClFN4O2. The fourth-order valence-electron chi connectivity index (χ4n) is 2.17. The number of hydrogen-bond acceptors (Lipinski definition) is 4. The lowest BCUT2D eigenvalue weighted by Crippen LogP contribution is -2.39. The van der Waals surface area contributed by atoms with E-state index in [0.717, 1.165) is 12.1 Å². The monoisotopic (exact) mass is 324 g/mol. The number of amides is 2. The van der Waals surface area contributed by atoms with Crippen LogP contribution in [0.1, 0.15) is 5.56 Å². The maximum absolute atomic E-state index is 13.4. The highest BCUT2D eigenvalue weighted by molar-refractivity contribution is 6.31. The zero-order chi connectivity index (χ0) is 16.3. The van der Waals surface area contributed by atoms with Gasteiger partial charge in [0.2, 0.25) is 6.41 Å². The van der Waals surface area contributed by atoms with Crippen LogP contribution in [0.4, 0.5) is 4.39 Å². The lowest BCUT2D eigenvalue weighted by Gasteiger charge is -2.23. The molecule has 1 aliphatic rings.